The van der Waals surface area contributed by atoms with Gasteiger partial charge in [-0.15, -0.1) is 0 Å². The summed E-state index contributed by atoms with van der Waals surface area (Å²) in [4.78, 5) is 16.5. The first-order valence-electron chi connectivity index (χ1n) is 6.57. The van der Waals surface area contributed by atoms with Crippen LogP contribution in [0.3, 0.4) is 0 Å². The van der Waals surface area contributed by atoms with Gasteiger partial charge in [0.05, 0.1) is 24.2 Å². The zero-order chi connectivity index (χ0) is 15.5. The topological polar surface area (TPSA) is 76.7 Å². The molecule has 6 nitrogen and oxygen atoms in total. The number of methoxy groups -OCH3 is 1. The molecule has 1 aromatic heterocycles. The van der Waals surface area contributed by atoms with Crippen LogP contribution >= 0.6 is 0 Å². The van der Waals surface area contributed by atoms with E-state index in [-0.39, 0.29) is 11.3 Å². The lowest BCUT2D eigenvalue weighted by atomic mass is 10.2. The zero-order valence-electron chi connectivity index (χ0n) is 11.8. The van der Waals surface area contributed by atoms with E-state index in [1.807, 2.05) is 6.07 Å². The minimum atomic E-state index is -0.243. The highest BCUT2D eigenvalue weighted by Crippen LogP contribution is 2.25. The molecule has 0 fully saturated rings. The lowest BCUT2D eigenvalue weighted by Crippen LogP contribution is -2.16. The van der Waals surface area contributed by atoms with E-state index in [1.54, 1.807) is 30.3 Å². The van der Waals surface area contributed by atoms with Crippen LogP contribution in [-0.4, -0.2) is 28.1 Å². The molecule has 3 aromatic rings. The molecule has 3 rings (SSSR count). The largest absolute Gasteiger partial charge is 0.504 e. The predicted molar refractivity (Wildman–Crippen MR) is 83.7 cm³/mol. The molecule has 1 N–H and O–H groups in total. The van der Waals surface area contributed by atoms with E-state index in [0.717, 1.165) is 0 Å². The summed E-state index contributed by atoms with van der Waals surface area (Å²) in [5.41, 5.74) is 1.08. The molecule has 22 heavy (non-hydrogen) atoms. The Kier molecular flexibility index (Phi) is 3.57. The summed E-state index contributed by atoms with van der Waals surface area (Å²) in [5, 5.41) is 14.2. The van der Waals surface area contributed by atoms with Crippen LogP contribution in [-0.2, 0) is 0 Å². The minimum absolute atomic E-state index is 0.0455. The van der Waals surface area contributed by atoms with Crippen LogP contribution in [0, 0.1) is 0 Å². The first kappa shape index (κ1) is 13.8. The molecule has 110 valence electrons. The molecule has 0 amide bonds. The monoisotopic (exact) mass is 295 g/mol. The molecule has 0 spiro atoms. The maximum atomic E-state index is 12.3. The standard InChI is InChI=1S/C16H13N3O3/c1-22-15-8-11(6-7-14(15)20)9-18-19-10-17-13-5-3-2-4-12(13)16(19)21/h2-10,20H,1H3. The predicted octanol–water partition coefficient (Wildman–Crippen LogP) is 1.99. The lowest BCUT2D eigenvalue weighted by Gasteiger charge is -2.04. The second kappa shape index (κ2) is 5.69. The van der Waals surface area contributed by atoms with Crippen LogP contribution in [0.1, 0.15) is 5.56 Å². The van der Waals surface area contributed by atoms with Crippen molar-refractivity contribution in [2.24, 2.45) is 5.10 Å². The fraction of sp³-hybridized carbons (Fsp3) is 0.0625. The molecule has 6 heteroatoms. The maximum absolute atomic E-state index is 12.3. The van der Waals surface area contributed by atoms with Crippen molar-refractivity contribution in [2.45, 2.75) is 0 Å². The van der Waals surface area contributed by atoms with Gasteiger partial charge in [0.15, 0.2) is 11.5 Å². The number of benzene rings is 2. The van der Waals surface area contributed by atoms with E-state index in [1.165, 1.54) is 30.4 Å². The number of ether oxygens (including phenoxy) is 1. The van der Waals surface area contributed by atoms with Crippen LogP contribution in [0.5, 0.6) is 11.5 Å². The van der Waals surface area contributed by atoms with Crippen LogP contribution in [0.4, 0.5) is 0 Å². The minimum Gasteiger partial charge on any atom is -0.504 e. The summed E-state index contributed by atoms with van der Waals surface area (Å²) in [6, 6.07) is 11.9. The zero-order valence-corrected chi connectivity index (χ0v) is 11.8. The van der Waals surface area contributed by atoms with Crippen molar-refractivity contribution < 1.29 is 9.84 Å². The first-order valence-corrected chi connectivity index (χ1v) is 6.57. The molecular formula is C16H13N3O3. The summed E-state index contributed by atoms with van der Waals surface area (Å²) in [6.45, 7) is 0. The van der Waals surface area contributed by atoms with Crippen LogP contribution < -0.4 is 10.3 Å². The van der Waals surface area contributed by atoms with Gasteiger partial charge in [-0.1, -0.05) is 12.1 Å². The summed E-state index contributed by atoms with van der Waals surface area (Å²) in [7, 11) is 1.47. The second-order valence-electron chi connectivity index (χ2n) is 4.59. The summed E-state index contributed by atoms with van der Waals surface area (Å²) >= 11 is 0. The SMILES string of the molecule is COc1cc(C=Nn2cnc3ccccc3c2=O)ccc1O. The van der Waals surface area contributed by atoms with Crippen LogP contribution in [0.25, 0.3) is 10.9 Å². The van der Waals surface area contributed by atoms with Gasteiger partial charge in [-0.05, 0) is 35.9 Å². The van der Waals surface area contributed by atoms with Crippen molar-refractivity contribution in [3.05, 3.63) is 64.7 Å². The van der Waals surface area contributed by atoms with Crippen molar-refractivity contribution in [1.82, 2.24) is 9.66 Å². The number of phenolic OH excluding ortho intramolecular Hbond substituents is 1. The number of nitrogens with zero attached hydrogens (tertiary/aromatic N) is 3. The van der Waals surface area contributed by atoms with Crippen molar-refractivity contribution in [3.63, 3.8) is 0 Å². The van der Waals surface area contributed by atoms with E-state index >= 15 is 0 Å². The quantitative estimate of drug-likeness (QED) is 0.750. The van der Waals surface area contributed by atoms with Crippen molar-refractivity contribution in [2.75, 3.05) is 7.11 Å². The number of rotatable bonds is 3. The van der Waals surface area contributed by atoms with Crippen LogP contribution in [0.15, 0.2) is 58.7 Å². The number of aromatic hydroxyl groups is 1. The lowest BCUT2D eigenvalue weighted by molar-refractivity contribution is 0.373. The van der Waals surface area contributed by atoms with E-state index < -0.39 is 0 Å². The van der Waals surface area contributed by atoms with Gasteiger partial charge in [-0.25, -0.2) is 4.98 Å². The van der Waals surface area contributed by atoms with Gasteiger partial charge in [0, 0.05) is 0 Å². The molecule has 0 bridgehead atoms. The average Bonchev–Trinajstić information content (AvgIpc) is 2.56. The van der Waals surface area contributed by atoms with E-state index in [0.29, 0.717) is 22.2 Å². The molecule has 0 aliphatic carbocycles. The maximum Gasteiger partial charge on any atom is 0.281 e. The van der Waals surface area contributed by atoms with Crippen molar-refractivity contribution in [1.29, 1.82) is 0 Å². The Balaban J connectivity index is 1.99. The van der Waals surface area contributed by atoms with Gasteiger partial charge in [-0.2, -0.15) is 9.78 Å². The van der Waals surface area contributed by atoms with Gasteiger partial charge in [0.2, 0.25) is 0 Å². The molecular weight excluding hydrogens is 282 g/mol. The van der Waals surface area contributed by atoms with E-state index in [9.17, 15) is 9.90 Å². The number of para-hydroxylation sites is 1. The third-order valence-corrected chi connectivity index (χ3v) is 3.18. The van der Waals surface area contributed by atoms with Crippen molar-refractivity contribution in [3.8, 4) is 11.5 Å². The van der Waals surface area contributed by atoms with Gasteiger partial charge in [0.1, 0.15) is 6.33 Å². The van der Waals surface area contributed by atoms with E-state index in [4.69, 9.17) is 4.74 Å². The Hall–Kier alpha value is -3.15. The molecule has 0 aliphatic heterocycles. The first-order chi connectivity index (χ1) is 10.7. The number of hydrogen-bond donors (Lipinski definition) is 1. The smallest absolute Gasteiger partial charge is 0.281 e. The molecule has 0 saturated heterocycles. The van der Waals surface area contributed by atoms with Gasteiger partial charge in [-0.3, -0.25) is 4.79 Å². The Morgan fingerprint density at radius 3 is 2.91 bits per heavy atom. The van der Waals surface area contributed by atoms with Crippen molar-refractivity contribution >= 4 is 17.1 Å². The Labute approximate surface area is 125 Å². The Morgan fingerprint density at radius 1 is 1.27 bits per heavy atom. The Bertz CT molecular complexity index is 916. The summed E-state index contributed by atoms with van der Waals surface area (Å²) in [6.07, 6.45) is 2.87. The molecule has 1 heterocycles. The third kappa shape index (κ3) is 2.54. The molecule has 0 atom stereocenters. The highest BCUT2D eigenvalue weighted by Gasteiger charge is 2.03. The molecule has 2 aromatic carbocycles. The van der Waals surface area contributed by atoms with Gasteiger partial charge >= 0.3 is 0 Å². The summed E-state index contributed by atoms with van der Waals surface area (Å²) < 4.78 is 6.19. The average molecular weight is 295 g/mol. The molecule has 0 aliphatic rings. The highest BCUT2D eigenvalue weighted by molar-refractivity contribution is 5.81. The fourth-order valence-electron chi connectivity index (χ4n) is 2.05. The molecule has 0 saturated carbocycles. The molecule has 0 radical (unpaired) electrons. The number of fused-ring (bicyclic) bond motifs is 1. The number of phenols is 1. The highest BCUT2D eigenvalue weighted by atomic mass is 16.5. The summed E-state index contributed by atoms with van der Waals surface area (Å²) in [5.74, 6) is 0.386. The Morgan fingerprint density at radius 2 is 2.09 bits per heavy atom. The normalized spacial score (nSPS) is 11.1. The van der Waals surface area contributed by atoms with E-state index in [2.05, 4.69) is 10.1 Å². The number of aromatic nitrogens is 2. The molecule has 0 unspecified atom stereocenters. The second-order valence-corrected chi connectivity index (χ2v) is 4.59. The van der Waals surface area contributed by atoms with Gasteiger partial charge < -0.3 is 9.84 Å². The fourth-order valence-corrected chi connectivity index (χ4v) is 2.05. The van der Waals surface area contributed by atoms with Crippen LogP contribution in [0.2, 0.25) is 0 Å². The number of hydrogen-bond acceptors (Lipinski definition) is 5. The third-order valence-electron chi connectivity index (χ3n) is 3.18. The van der Waals surface area contributed by atoms with Gasteiger partial charge in [0.25, 0.3) is 5.56 Å².